The molecule has 0 saturated heterocycles. The summed E-state index contributed by atoms with van der Waals surface area (Å²) < 4.78 is 5.92. The van der Waals surface area contributed by atoms with Gasteiger partial charge < -0.3 is 4.74 Å². The number of rotatable bonds is 2. The highest BCUT2D eigenvalue weighted by Crippen LogP contribution is 2.50. The fraction of sp³-hybridized carbons (Fsp3) is 0.0909. The average Bonchev–Trinajstić information content (AvgIpc) is 2.69. The molecule has 26 heavy (non-hydrogen) atoms. The van der Waals surface area contributed by atoms with Gasteiger partial charge in [-0.2, -0.15) is 0 Å². The first kappa shape index (κ1) is 17.0. The van der Waals surface area contributed by atoms with Crippen LogP contribution in [0, 0.1) is 0 Å². The van der Waals surface area contributed by atoms with Gasteiger partial charge in [0.2, 0.25) is 0 Å². The maximum absolute atomic E-state index is 13.0. The van der Waals surface area contributed by atoms with Crippen LogP contribution in [0.2, 0.25) is 0 Å². The molecule has 0 N–H and O–H groups in total. The van der Waals surface area contributed by atoms with Gasteiger partial charge in [0.25, 0.3) is 0 Å². The molecule has 0 atom stereocenters. The Morgan fingerprint density at radius 1 is 0.923 bits per heavy atom. The number of halogens is 1. The predicted octanol–water partition coefficient (Wildman–Crippen LogP) is 4.67. The molecule has 0 bridgehead atoms. The number of ether oxygens (including phenoxy) is 1. The Balaban J connectivity index is 2.02. The minimum Gasteiger partial charge on any atom is -0.497 e. The number of hydrogen-bond donors (Lipinski definition) is 0. The van der Waals surface area contributed by atoms with Crippen LogP contribution < -0.4 is 4.74 Å². The molecule has 0 amide bonds. The Morgan fingerprint density at radius 3 is 2.23 bits per heavy atom. The van der Waals surface area contributed by atoms with E-state index in [9.17, 15) is 9.59 Å². The van der Waals surface area contributed by atoms with E-state index >= 15 is 0 Å². The highest BCUT2D eigenvalue weighted by molar-refractivity contribution is 14.1. The smallest absolute Gasteiger partial charge is 0.199 e. The van der Waals surface area contributed by atoms with E-state index in [4.69, 9.17) is 4.74 Å². The molecule has 128 valence electrons. The molecule has 0 aliphatic heterocycles. The van der Waals surface area contributed by atoms with E-state index in [-0.39, 0.29) is 11.6 Å². The first-order valence-electron chi connectivity index (χ1n) is 8.18. The molecule has 0 aromatic heterocycles. The van der Waals surface area contributed by atoms with Gasteiger partial charge in [0.15, 0.2) is 11.6 Å². The molecule has 4 rings (SSSR count). The Morgan fingerprint density at radius 2 is 1.58 bits per heavy atom. The minimum absolute atomic E-state index is 0.0105. The Bertz CT molecular complexity index is 994. The maximum atomic E-state index is 13.0. The molecule has 2 aromatic rings. The molecule has 2 aromatic carbocycles. The zero-order valence-corrected chi connectivity index (χ0v) is 16.2. The number of fused-ring (bicyclic) bond motifs is 2. The average molecular weight is 454 g/mol. The van der Waals surface area contributed by atoms with Gasteiger partial charge in [-0.1, -0.05) is 48.6 Å². The Hall–Kier alpha value is -2.47. The monoisotopic (exact) mass is 454 g/mol. The number of methoxy groups -OCH3 is 1. The number of Topliss-reactive ketones (excluding diaryl/α,β-unsaturated/α-hetero) is 1. The quantitative estimate of drug-likeness (QED) is 0.620. The number of allylic oxidation sites excluding steroid dienone is 6. The first-order chi connectivity index (χ1) is 12.6. The van der Waals surface area contributed by atoms with Gasteiger partial charge in [-0.3, -0.25) is 9.59 Å². The normalized spacial score (nSPS) is 17.6. The van der Waals surface area contributed by atoms with E-state index in [0.717, 1.165) is 22.4 Å². The summed E-state index contributed by atoms with van der Waals surface area (Å²) in [4.78, 5) is 24.8. The van der Waals surface area contributed by atoms with Gasteiger partial charge >= 0.3 is 0 Å². The van der Waals surface area contributed by atoms with Crippen LogP contribution in [0.5, 0.6) is 5.75 Å². The SMILES string of the molecule is COc1ccc(C2=C(I)C(=O)c3ccccc3C23C=CC(=O)C=C3)cc1. The molecule has 0 unspecified atom stereocenters. The number of benzene rings is 2. The molecule has 0 radical (unpaired) electrons. The fourth-order valence-corrected chi connectivity index (χ4v) is 4.65. The van der Waals surface area contributed by atoms with E-state index in [1.165, 1.54) is 0 Å². The van der Waals surface area contributed by atoms with Gasteiger partial charge in [0, 0.05) is 5.56 Å². The zero-order chi connectivity index (χ0) is 18.3. The van der Waals surface area contributed by atoms with Crippen LogP contribution in [0.25, 0.3) is 5.57 Å². The summed E-state index contributed by atoms with van der Waals surface area (Å²) in [5.41, 5.74) is 2.77. The molecule has 2 aliphatic carbocycles. The predicted molar refractivity (Wildman–Crippen MR) is 110 cm³/mol. The van der Waals surface area contributed by atoms with Crippen molar-refractivity contribution >= 4 is 39.7 Å². The van der Waals surface area contributed by atoms with Gasteiger partial charge in [-0.25, -0.2) is 0 Å². The molecule has 0 saturated carbocycles. The van der Waals surface area contributed by atoms with Crippen LogP contribution in [0.15, 0.2) is 76.4 Å². The summed E-state index contributed by atoms with van der Waals surface area (Å²) in [5.74, 6) is 0.719. The van der Waals surface area contributed by atoms with Crippen molar-refractivity contribution in [3.8, 4) is 5.75 Å². The van der Waals surface area contributed by atoms with Crippen molar-refractivity contribution in [3.63, 3.8) is 0 Å². The summed E-state index contributed by atoms with van der Waals surface area (Å²) in [6.07, 6.45) is 6.97. The maximum Gasteiger partial charge on any atom is 0.199 e. The summed E-state index contributed by atoms with van der Waals surface area (Å²) in [6, 6.07) is 15.3. The molecular formula is C22H15IO3. The second-order valence-corrected chi connectivity index (χ2v) is 7.31. The third kappa shape index (κ3) is 2.48. The molecule has 3 nitrogen and oxygen atoms in total. The van der Waals surface area contributed by atoms with E-state index in [0.29, 0.717) is 9.14 Å². The van der Waals surface area contributed by atoms with Crippen molar-refractivity contribution in [1.82, 2.24) is 0 Å². The lowest BCUT2D eigenvalue weighted by Crippen LogP contribution is -2.33. The fourth-order valence-electron chi connectivity index (χ4n) is 3.60. The van der Waals surface area contributed by atoms with E-state index in [1.807, 2.05) is 60.7 Å². The second kappa shape index (κ2) is 6.36. The topological polar surface area (TPSA) is 43.4 Å². The summed E-state index contributed by atoms with van der Waals surface area (Å²) in [7, 11) is 1.62. The zero-order valence-electron chi connectivity index (χ0n) is 14.0. The van der Waals surface area contributed by atoms with Crippen molar-refractivity contribution in [2.75, 3.05) is 7.11 Å². The largest absolute Gasteiger partial charge is 0.497 e. The van der Waals surface area contributed by atoms with Crippen LogP contribution in [-0.2, 0) is 10.2 Å². The lowest BCUT2D eigenvalue weighted by molar-refractivity contribution is -0.110. The van der Waals surface area contributed by atoms with Crippen molar-refractivity contribution in [2.45, 2.75) is 5.41 Å². The Kier molecular flexibility index (Phi) is 4.15. The van der Waals surface area contributed by atoms with Crippen molar-refractivity contribution < 1.29 is 14.3 Å². The highest BCUT2D eigenvalue weighted by Gasteiger charge is 2.43. The first-order valence-corrected chi connectivity index (χ1v) is 9.26. The van der Waals surface area contributed by atoms with Gasteiger partial charge in [0.05, 0.1) is 16.1 Å². The summed E-state index contributed by atoms with van der Waals surface area (Å²) in [5, 5.41) is 0. The lowest BCUT2D eigenvalue weighted by Gasteiger charge is -2.38. The third-order valence-corrected chi connectivity index (χ3v) is 5.88. The van der Waals surface area contributed by atoms with Gasteiger partial charge in [-0.05, 0) is 63.6 Å². The van der Waals surface area contributed by atoms with Crippen LogP contribution in [0.4, 0.5) is 0 Å². The molecule has 1 spiro atoms. The molecule has 0 fully saturated rings. The van der Waals surface area contributed by atoms with Crippen LogP contribution >= 0.6 is 22.6 Å². The number of hydrogen-bond acceptors (Lipinski definition) is 3. The van der Waals surface area contributed by atoms with E-state index < -0.39 is 5.41 Å². The molecule has 4 heteroatoms. The third-order valence-electron chi connectivity index (χ3n) is 4.85. The molecular weight excluding hydrogens is 439 g/mol. The summed E-state index contributed by atoms with van der Waals surface area (Å²) in [6.45, 7) is 0. The van der Waals surface area contributed by atoms with Gasteiger partial charge in [0.1, 0.15) is 5.75 Å². The van der Waals surface area contributed by atoms with Crippen LogP contribution in [0.3, 0.4) is 0 Å². The minimum atomic E-state index is -0.635. The van der Waals surface area contributed by atoms with Crippen molar-refractivity contribution in [2.24, 2.45) is 0 Å². The number of carbonyl (C=O) groups is 2. The van der Waals surface area contributed by atoms with Gasteiger partial charge in [-0.15, -0.1) is 0 Å². The van der Waals surface area contributed by atoms with E-state index in [2.05, 4.69) is 22.6 Å². The number of carbonyl (C=O) groups excluding carboxylic acids is 2. The standard InChI is InChI=1S/C22H15IO3/c1-26-16-8-6-14(7-9-16)19-20(23)21(25)17-4-2-3-5-18(17)22(19)12-10-15(24)11-13-22/h2-13H,1H3. The highest BCUT2D eigenvalue weighted by atomic mass is 127. The number of ketones is 2. The second-order valence-electron chi connectivity index (χ2n) is 6.23. The molecule has 2 aliphatic rings. The lowest BCUT2D eigenvalue weighted by atomic mass is 9.65. The summed E-state index contributed by atoms with van der Waals surface area (Å²) >= 11 is 2.13. The molecule has 0 heterocycles. The van der Waals surface area contributed by atoms with Crippen LogP contribution in [0.1, 0.15) is 21.5 Å². The van der Waals surface area contributed by atoms with E-state index in [1.54, 1.807) is 19.3 Å². The van der Waals surface area contributed by atoms with Crippen LogP contribution in [-0.4, -0.2) is 18.7 Å². The Labute approximate surface area is 165 Å². The van der Waals surface area contributed by atoms with Crippen molar-refractivity contribution in [3.05, 3.63) is 93.1 Å². The van der Waals surface area contributed by atoms with Crippen molar-refractivity contribution in [1.29, 1.82) is 0 Å².